The highest BCUT2D eigenvalue weighted by Crippen LogP contribution is 2.22. The van der Waals surface area contributed by atoms with Crippen LogP contribution in [0.25, 0.3) is 0 Å². The summed E-state index contributed by atoms with van der Waals surface area (Å²) >= 11 is 0. The van der Waals surface area contributed by atoms with Gasteiger partial charge in [0.1, 0.15) is 5.82 Å². The van der Waals surface area contributed by atoms with E-state index in [1.807, 2.05) is 30.7 Å². The molecular weight excluding hydrogens is 276 g/mol. The smallest absolute Gasteiger partial charge is 0.126 e. The van der Waals surface area contributed by atoms with Crippen LogP contribution in [0, 0.1) is 6.92 Å². The van der Waals surface area contributed by atoms with Crippen LogP contribution >= 0.6 is 0 Å². The highest BCUT2D eigenvalue weighted by Gasteiger charge is 2.12. The molecule has 5 heteroatoms. The number of nitrogens with zero attached hydrogens (tertiary/aromatic N) is 3. The quantitative estimate of drug-likeness (QED) is 0.940. The van der Waals surface area contributed by atoms with Gasteiger partial charge in [0.25, 0.3) is 0 Å². The number of nitrogens with one attached hydrogen (secondary N) is 1. The summed E-state index contributed by atoms with van der Waals surface area (Å²) in [6.45, 7) is 7.67. The van der Waals surface area contributed by atoms with Crippen LogP contribution in [0.15, 0.2) is 36.8 Å². The zero-order valence-electron chi connectivity index (χ0n) is 13.1. The van der Waals surface area contributed by atoms with E-state index in [0.29, 0.717) is 0 Å². The van der Waals surface area contributed by atoms with Crippen molar-refractivity contribution in [3.63, 3.8) is 0 Å². The molecule has 0 aliphatic carbocycles. The molecule has 1 unspecified atom stereocenters. The molecule has 1 atom stereocenters. The van der Waals surface area contributed by atoms with E-state index < -0.39 is 0 Å². The minimum absolute atomic E-state index is 0.176. The van der Waals surface area contributed by atoms with E-state index in [2.05, 4.69) is 40.1 Å². The molecule has 5 nitrogen and oxygen atoms in total. The summed E-state index contributed by atoms with van der Waals surface area (Å²) in [5.41, 5.74) is 3.58. The number of hydrogen-bond donors (Lipinski definition) is 1. The van der Waals surface area contributed by atoms with E-state index in [-0.39, 0.29) is 6.04 Å². The molecule has 1 saturated heterocycles. The average molecular weight is 298 g/mol. The Hall–Kier alpha value is -2.14. The zero-order valence-corrected chi connectivity index (χ0v) is 13.1. The van der Waals surface area contributed by atoms with Gasteiger partial charge in [0.05, 0.1) is 31.1 Å². The normalized spacial score (nSPS) is 16.4. The summed E-state index contributed by atoms with van der Waals surface area (Å²) < 4.78 is 5.38. The van der Waals surface area contributed by atoms with Gasteiger partial charge in [-0.3, -0.25) is 4.98 Å². The first kappa shape index (κ1) is 14.8. The molecule has 1 fully saturated rings. The van der Waals surface area contributed by atoms with Crippen molar-refractivity contribution in [2.75, 3.05) is 36.5 Å². The number of aromatic nitrogens is 2. The predicted molar refractivity (Wildman–Crippen MR) is 88.3 cm³/mol. The average Bonchev–Trinajstić information content (AvgIpc) is 2.57. The maximum Gasteiger partial charge on any atom is 0.126 e. The fourth-order valence-electron chi connectivity index (χ4n) is 2.71. The van der Waals surface area contributed by atoms with Gasteiger partial charge in [-0.1, -0.05) is 0 Å². The summed E-state index contributed by atoms with van der Waals surface area (Å²) in [7, 11) is 0. The predicted octanol–water partition coefficient (Wildman–Crippen LogP) is 2.79. The van der Waals surface area contributed by atoms with Crippen molar-refractivity contribution in [1.82, 2.24) is 9.97 Å². The maximum absolute atomic E-state index is 5.38. The van der Waals surface area contributed by atoms with Crippen LogP contribution in [0.4, 0.5) is 11.5 Å². The lowest BCUT2D eigenvalue weighted by atomic mass is 10.1. The van der Waals surface area contributed by atoms with Gasteiger partial charge in [0.15, 0.2) is 0 Å². The Morgan fingerprint density at radius 1 is 1.18 bits per heavy atom. The molecule has 1 N–H and O–H groups in total. The molecule has 2 aromatic rings. The number of ether oxygens (including phenoxy) is 1. The number of morpholine rings is 1. The van der Waals surface area contributed by atoms with Crippen LogP contribution in [-0.4, -0.2) is 36.3 Å². The molecule has 116 valence electrons. The van der Waals surface area contributed by atoms with Gasteiger partial charge in [-0.2, -0.15) is 0 Å². The lowest BCUT2D eigenvalue weighted by molar-refractivity contribution is 0.122. The van der Waals surface area contributed by atoms with Crippen LogP contribution in [0.5, 0.6) is 0 Å². The first-order valence-corrected chi connectivity index (χ1v) is 7.70. The van der Waals surface area contributed by atoms with E-state index in [1.54, 1.807) is 0 Å². The number of rotatable bonds is 4. The SMILES string of the molecule is Cc1ccncc1C(C)Nc1ccc(N2CCOCC2)cn1. The Balaban J connectivity index is 1.67. The minimum atomic E-state index is 0.176. The third-order valence-electron chi connectivity index (χ3n) is 4.03. The third-order valence-corrected chi connectivity index (χ3v) is 4.03. The molecule has 0 saturated carbocycles. The Kier molecular flexibility index (Phi) is 4.53. The molecule has 3 heterocycles. The fraction of sp³-hybridized carbons (Fsp3) is 0.412. The number of pyridine rings is 2. The van der Waals surface area contributed by atoms with Gasteiger partial charge in [-0.15, -0.1) is 0 Å². The number of anilines is 2. The topological polar surface area (TPSA) is 50.3 Å². The molecule has 0 radical (unpaired) electrons. The number of aryl methyl sites for hydroxylation is 1. The van der Waals surface area contributed by atoms with Crippen molar-refractivity contribution in [3.05, 3.63) is 47.9 Å². The standard InChI is InChI=1S/C17H22N4O/c1-13-5-6-18-12-16(13)14(2)20-17-4-3-15(11-19-17)21-7-9-22-10-8-21/h3-6,11-12,14H,7-10H2,1-2H3,(H,19,20). The van der Waals surface area contributed by atoms with Gasteiger partial charge in [0.2, 0.25) is 0 Å². The van der Waals surface area contributed by atoms with E-state index in [4.69, 9.17) is 4.74 Å². The van der Waals surface area contributed by atoms with Gasteiger partial charge in [-0.25, -0.2) is 4.98 Å². The molecule has 0 aromatic carbocycles. The molecule has 0 bridgehead atoms. The van der Waals surface area contributed by atoms with Gasteiger partial charge in [-0.05, 0) is 43.2 Å². The Morgan fingerprint density at radius 3 is 2.68 bits per heavy atom. The second kappa shape index (κ2) is 6.75. The molecule has 0 amide bonds. The summed E-state index contributed by atoms with van der Waals surface area (Å²) in [6.07, 6.45) is 5.66. The van der Waals surface area contributed by atoms with E-state index in [1.165, 1.54) is 11.1 Å². The van der Waals surface area contributed by atoms with Crippen molar-refractivity contribution in [2.45, 2.75) is 19.9 Å². The van der Waals surface area contributed by atoms with Crippen molar-refractivity contribution >= 4 is 11.5 Å². The lowest BCUT2D eigenvalue weighted by Crippen LogP contribution is -2.36. The van der Waals surface area contributed by atoms with Crippen LogP contribution in [0.1, 0.15) is 24.1 Å². The zero-order chi connectivity index (χ0) is 15.4. The lowest BCUT2D eigenvalue weighted by Gasteiger charge is -2.28. The molecular formula is C17H22N4O. The molecule has 0 spiro atoms. The van der Waals surface area contributed by atoms with Crippen molar-refractivity contribution in [1.29, 1.82) is 0 Å². The first-order valence-electron chi connectivity index (χ1n) is 7.70. The van der Waals surface area contributed by atoms with Crippen molar-refractivity contribution in [3.8, 4) is 0 Å². The van der Waals surface area contributed by atoms with Crippen LogP contribution in [-0.2, 0) is 4.74 Å². The molecule has 1 aliphatic rings. The van der Waals surface area contributed by atoms with Gasteiger partial charge < -0.3 is 15.0 Å². The highest BCUT2D eigenvalue weighted by atomic mass is 16.5. The maximum atomic E-state index is 5.38. The second-order valence-corrected chi connectivity index (χ2v) is 5.60. The fourth-order valence-corrected chi connectivity index (χ4v) is 2.71. The summed E-state index contributed by atoms with van der Waals surface area (Å²) in [5.74, 6) is 0.882. The van der Waals surface area contributed by atoms with Crippen LogP contribution in [0.2, 0.25) is 0 Å². The molecule has 2 aromatic heterocycles. The summed E-state index contributed by atoms with van der Waals surface area (Å²) in [4.78, 5) is 11.0. The third kappa shape index (κ3) is 3.36. The van der Waals surface area contributed by atoms with Gasteiger partial charge in [0, 0.05) is 25.5 Å². The van der Waals surface area contributed by atoms with E-state index in [9.17, 15) is 0 Å². The van der Waals surface area contributed by atoms with Gasteiger partial charge >= 0.3 is 0 Å². The largest absolute Gasteiger partial charge is 0.378 e. The minimum Gasteiger partial charge on any atom is -0.378 e. The van der Waals surface area contributed by atoms with Crippen molar-refractivity contribution < 1.29 is 4.74 Å². The van der Waals surface area contributed by atoms with Crippen LogP contribution < -0.4 is 10.2 Å². The molecule has 1 aliphatic heterocycles. The summed E-state index contributed by atoms with van der Waals surface area (Å²) in [6, 6.07) is 6.36. The molecule has 22 heavy (non-hydrogen) atoms. The Labute approximate surface area is 131 Å². The van der Waals surface area contributed by atoms with E-state index >= 15 is 0 Å². The second-order valence-electron chi connectivity index (χ2n) is 5.60. The monoisotopic (exact) mass is 298 g/mol. The number of hydrogen-bond acceptors (Lipinski definition) is 5. The van der Waals surface area contributed by atoms with Crippen molar-refractivity contribution in [2.24, 2.45) is 0 Å². The summed E-state index contributed by atoms with van der Waals surface area (Å²) in [5, 5.41) is 3.43. The van der Waals surface area contributed by atoms with E-state index in [0.717, 1.165) is 37.8 Å². The Bertz CT molecular complexity index is 608. The molecule has 3 rings (SSSR count). The van der Waals surface area contributed by atoms with Crippen LogP contribution in [0.3, 0.4) is 0 Å². The highest BCUT2D eigenvalue weighted by molar-refractivity contribution is 5.50. The Morgan fingerprint density at radius 2 is 2.00 bits per heavy atom. The first-order chi connectivity index (χ1) is 10.7.